The fourth-order valence-electron chi connectivity index (χ4n) is 1.85. The summed E-state index contributed by atoms with van der Waals surface area (Å²) in [6.45, 7) is 0.583. The van der Waals surface area contributed by atoms with E-state index in [1.165, 1.54) is 12.1 Å². The van der Waals surface area contributed by atoms with Gasteiger partial charge in [0.15, 0.2) is 0 Å². The summed E-state index contributed by atoms with van der Waals surface area (Å²) >= 11 is 0. The van der Waals surface area contributed by atoms with E-state index in [2.05, 4.69) is 6.07 Å². The topological polar surface area (TPSA) is 33.0 Å². The Bertz CT molecular complexity index is 385. The van der Waals surface area contributed by atoms with Crippen LogP contribution in [0.2, 0.25) is 0 Å². The number of halogens is 1. The van der Waals surface area contributed by atoms with Gasteiger partial charge in [0.25, 0.3) is 0 Å². The molecule has 0 bridgehead atoms. The largest absolute Gasteiger partial charge is 0.373 e. The van der Waals surface area contributed by atoms with E-state index in [-0.39, 0.29) is 17.8 Å². The third-order valence-electron chi connectivity index (χ3n) is 2.69. The average molecular weight is 205 g/mol. The molecule has 0 aromatic heterocycles. The molecule has 0 amide bonds. The zero-order valence-electron chi connectivity index (χ0n) is 8.32. The predicted octanol–water partition coefficient (Wildman–Crippen LogP) is 2.82. The standard InChI is InChI=1S/C12H12FNO/c13-11-3-1-2-10(7-11)12-6-9(8-14)4-5-15-12/h1-3,7,9,12H,4-6H2. The first-order valence-corrected chi connectivity index (χ1v) is 5.06. The zero-order chi connectivity index (χ0) is 10.7. The van der Waals surface area contributed by atoms with Gasteiger partial charge in [0.1, 0.15) is 5.82 Å². The second-order valence-electron chi connectivity index (χ2n) is 3.76. The third kappa shape index (κ3) is 2.34. The number of hydrogen-bond donors (Lipinski definition) is 0. The molecule has 0 radical (unpaired) electrons. The summed E-state index contributed by atoms with van der Waals surface area (Å²) in [7, 11) is 0. The van der Waals surface area contributed by atoms with E-state index in [1.807, 2.05) is 6.07 Å². The van der Waals surface area contributed by atoms with Crippen molar-refractivity contribution < 1.29 is 9.13 Å². The first-order chi connectivity index (χ1) is 7.29. The van der Waals surface area contributed by atoms with Crippen LogP contribution in [0.3, 0.4) is 0 Å². The first-order valence-electron chi connectivity index (χ1n) is 5.06. The molecule has 2 unspecified atom stereocenters. The van der Waals surface area contributed by atoms with Gasteiger partial charge in [-0.3, -0.25) is 0 Å². The van der Waals surface area contributed by atoms with Crippen molar-refractivity contribution in [1.29, 1.82) is 5.26 Å². The molecule has 0 saturated carbocycles. The van der Waals surface area contributed by atoms with Gasteiger partial charge < -0.3 is 4.74 Å². The minimum Gasteiger partial charge on any atom is -0.373 e. The van der Waals surface area contributed by atoms with Gasteiger partial charge in [-0.15, -0.1) is 0 Å². The molecule has 78 valence electrons. The van der Waals surface area contributed by atoms with E-state index in [0.29, 0.717) is 13.0 Å². The van der Waals surface area contributed by atoms with E-state index in [1.54, 1.807) is 6.07 Å². The number of nitriles is 1. The Morgan fingerprint density at radius 2 is 2.33 bits per heavy atom. The van der Waals surface area contributed by atoms with Crippen molar-refractivity contribution in [1.82, 2.24) is 0 Å². The maximum absolute atomic E-state index is 13.0. The Morgan fingerprint density at radius 1 is 1.47 bits per heavy atom. The Labute approximate surface area is 88.3 Å². The maximum atomic E-state index is 13.0. The van der Waals surface area contributed by atoms with Crippen LogP contribution >= 0.6 is 0 Å². The van der Waals surface area contributed by atoms with Crippen LogP contribution in [-0.2, 0) is 4.74 Å². The monoisotopic (exact) mass is 205 g/mol. The molecular formula is C12H12FNO. The zero-order valence-corrected chi connectivity index (χ0v) is 8.32. The van der Waals surface area contributed by atoms with E-state index in [0.717, 1.165) is 12.0 Å². The highest BCUT2D eigenvalue weighted by Gasteiger charge is 2.23. The number of rotatable bonds is 1. The molecule has 1 fully saturated rings. The highest BCUT2D eigenvalue weighted by atomic mass is 19.1. The van der Waals surface area contributed by atoms with E-state index in [9.17, 15) is 4.39 Å². The van der Waals surface area contributed by atoms with Crippen LogP contribution in [0.15, 0.2) is 24.3 Å². The Kier molecular flexibility index (Phi) is 2.98. The highest BCUT2D eigenvalue weighted by Crippen LogP contribution is 2.31. The van der Waals surface area contributed by atoms with Gasteiger partial charge >= 0.3 is 0 Å². The van der Waals surface area contributed by atoms with Crippen molar-refractivity contribution >= 4 is 0 Å². The maximum Gasteiger partial charge on any atom is 0.123 e. The summed E-state index contributed by atoms with van der Waals surface area (Å²) in [6.07, 6.45) is 1.32. The molecule has 1 aromatic carbocycles. The van der Waals surface area contributed by atoms with Gasteiger partial charge in [-0.25, -0.2) is 4.39 Å². The lowest BCUT2D eigenvalue weighted by Crippen LogP contribution is -2.18. The molecule has 0 N–H and O–H groups in total. The molecule has 15 heavy (non-hydrogen) atoms. The van der Waals surface area contributed by atoms with Crippen LogP contribution in [0.25, 0.3) is 0 Å². The van der Waals surface area contributed by atoms with Crippen molar-refractivity contribution in [2.75, 3.05) is 6.61 Å². The lowest BCUT2D eigenvalue weighted by Gasteiger charge is -2.26. The third-order valence-corrected chi connectivity index (χ3v) is 2.69. The van der Waals surface area contributed by atoms with Gasteiger partial charge in [-0.2, -0.15) is 5.26 Å². The van der Waals surface area contributed by atoms with Gasteiger partial charge in [0, 0.05) is 6.61 Å². The molecule has 2 nitrogen and oxygen atoms in total. The van der Waals surface area contributed by atoms with Crippen molar-refractivity contribution in [3.63, 3.8) is 0 Å². The SMILES string of the molecule is N#CC1CCOC(c2cccc(F)c2)C1. The van der Waals surface area contributed by atoms with Crippen LogP contribution < -0.4 is 0 Å². The van der Waals surface area contributed by atoms with Gasteiger partial charge in [-0.1, -0.05) is 12.1 Å². The molecule has 0 spiro atoms. The molecule has 1 aliphatic rings. The van der Waals surface area contributed by atoms with Crippen LogP contribution in [0, 0.1) is 23.1 Å². The second kappa shape index (κ2) is 4.41. The van der Waals surface area contributed by atoms with Crippen LogP contribution in [0.4, 0.5) is 4.39 Å². The minimum absolute atomic E-state index is 0.0343. The Balaban J connectivity index is 2.14. The number of benzene rings is 1. The predicted molar refractivity (Wildman–Crippen MR) is 53.4 cm³/mol. The minimum atomic E-state index is -0.254. The van der Waals surface area contributed by atoms with Gasteiger partial charge in [-0.05, 0) is 30.5 Å². The van der Waals surface area contributed by atoms with Crippen LogP contribution in [0.5, 0.6) is 0 Å². The molecule has 2 atom stereocenters. The smallest absolute Gasteiger partial charge is 0.123 e. The number of ether oxygens (including phenoxy) is 1. The quantitative estimate of drug-likeness (QED) is 0.706. The summed E-state index contributed by atoms with van der Waals surface area (Å²) in [6, 6.07) is 8.64. The van der Waals surface area contributed by atoms with E-state index < -0.39 is 0 Å². The molecule has 3 heteroatoms. The Hall–Kier alpha value is -1.40. The number of hydrogen-bond acceptors (Lipinski definition) is 2. The Morgan fingerprint density at radius 3 is 3.07 bits per heavy atom. The van der Waals surface area contributed by atoms with Crippen molar-refractivity contribution in [2.45, 2.75) is 18.9 Å². The van der Waals surface area contributed by atoms with Crippen molar-refractivity contribution in [3.05, 3.63) is 35.6 Å². The van der Waals surface area contributed by atoms with Crippen molar-refractivity contribution in [3.8, 4) is 6.07 Å². The van der Waals surface area contributed by atoms with E-state index in [4.69, 9.17) is 10.00 Å². The van der Waals surface area contributed by atoms with Gasteiger partial charge in [0.2, 0.25) is 0 Å². The average Bonchev–Trinajstić information content (AvgIpc) is 2.29. The summed E-state index contributed by atoms with van der Waals surface area (Å²) < 4.78 is 18.5. The summed E-state index contributed by atoms with van der Waals surface area (Å²) in [5.41, 5.74) is 0.829. The molecule has 0 aliphatic carbocycles. The van der Waals surface area contributed by atoms with Gasteiger partial charge in [0.05, 0.1) is 18.1 Å². The normalized spacial score (nSPS) is 25.9. The summed E-state index contributed by atoms with van der Waals surface area (Å²) in [5, 5.41) is 8.83. The fraction of sp³-hybridized carbons (Fsp3) is 0.417. The first kappa shape index (κ1) is 10.1. The van der Waals surface area contributed by atoms with E-state index >= 15 is 0 Å². The number of nitrogens with zero attached hydrogens (tertiary/aromatic N) is 1. The molecule has 1 aromatic rings. The summed E-state index contributed by atoms with van der Waals surface area (Å²) in [5.74, 6) is -0.220. The molecule has 2 rings (SSSR count). The molecular weight excluding hydrogens is 193 g/mol. The molecule has 1 saturated heterocycles. The second-order valence-corrected chi connectivity index (χ2v) is 3.76. The molecule has 1 aliphatic heterocycles. The molecule has 1 heterocycles. The highest BCUT2D eigenvalue weighted by molar-refractivity contribution is 5.19. The summed E-state index contributed by atoms with van der Waals surface area (Å²) in [4.78, 5) is 0. The lowest BCUT2D eigenvalue weighted by molar-refractivity contribution is 0.000552. The lowest BCUT2D eigenvalue weighted by atomic mass is 9.93. The van der Waals surface area contributed by atoms with Crippen molar-refractivity contribution in [2.24, 2.45) is 5.92 Å². The fourth-order valence-corrected chi connectivity index (χ4v) is 1.85. The van der Waals surface area contributed by atoms with Crippen LogP contribution in [-0.4, -0.2) is 6.61 Å². The van der Waals surface area contributed by atoms with Crippen LogP contribution in [0.1, 0.15) is 24.5 Å².